The topological polar surface area (TPSA) is 64.4 Å². The Balaban J connectivity index is 1.83. The second-order valence-corrected chi connectivity index (χ2v) is 6.14. The van der Waals surface area contributed by atoms with Crippen molar-refractivity contribution in [3.05, 3.63) is 34.3 Å². The maximum absolute atomic E-state index is 12.3. The summed E-state index contributed by atoms with van der Waals surface area (Å²) in [6.07, 6.45) is 2.26. The lowest BCUT2D eigenvalue weighted by molar-refractivity contribution is -0.135. The van der Waals surface area contributed by atoms with Crippen LogP contribution >= 0.6 is 15.9 Å². The van der Waals surface area contributed by atoms with Gasteiger partial charge in [-0.3, -0.25) is 4.79 Å². The van der Waals surface area contributed by atoms with Crippen molar-refractivity contribution in [2.24, 2.45) is 11.1 Å². The van der Waals surface area contributed by atoms with E-state index in [1.54, 1.807) is 0 Å². The molecule has 0 aromatic heterocycles. The van der Waals surface area contributed by atoms with E-state index < -0.39 is 5.41 Å². The van der Waals surface area contributed by atoms with Crippen LogP contribution in [0, 0.1) is 5.41 Å². The third-order valence-corrected chi connectivity index (χ3v) is 4.46. The first-order valence-electron chi connectivity index (χ1n) is 6.97. The maximum Gasteiger partial charge on any atom is 0.227 e. The van der Waals surface area contributed by atoms with E-state index in [9.17, 15) is 4.79 Å². The average Bonchev–Trinajstić information content (AvgIpc) is 2.50. The fourth-order valence-electron chi connectivity index (χ4n) is 2.44. The molecule has 0 saturated carbocycles. The maximum atomic E-state index is 12.3. The molecule has 5 heteroatoms. The van der Waals surface area contributed by atoms with Crippen molar-refractivity contribution in [3.63, 3.8) is 0 Å². The van der Waals surface area contributed by atoms with Gasteiger partial charge in [-0.25, -0.2) is 0 Å². The number of carbonyl (C=O) groups is 1. The molecule has 0 spiro atoms. The number of ether oxygens (including phenoxy) is 1. The smallest absolute Gasteiger partial charge is 0.227 e. The van der Waals surface area contributed by atoms with Gasteiger partial charge in [0.2, 0.25) is 5.91 Å². The van der Waals surface area contributed by atoms with Crippen LogP contribution in [0.3, 0.4) is 0 Å². The van der Waals surface area contributed by atoms with Gasteiger partial charge in [0, 0.05) is 30.8 Å². The molecule has 1 aromatic carbocycles. The van der Waals surface area contributed by atoms with E-state index in [0.29, 0.717) is 39.1 Å². The van der Waals surface area contributed by atoms with Crippen LogP contribution < -0.4 is 11.1 Å². The Hall–Kier alpha value is -0.910. The van der Waals surface area contributed by atoms with Crippen molar-refractivity contribution >= 4 is 21.8 Å². The predicted octanol–water partition coefficient (Wildman–Crippen LogP) is 1.86. The summed E-state index contributed by atoms with van der Waals surface area (Å²) in [5, 5.41) is 3.02. The second kappa shape index (κ2) is 7.20. The van der Waals surface area contributed by atoms with E-state index in [4.69, 9.17) is 10.5 Å². The molecule has 110 valence electrons. The van der Waals surface area contributed by atoms with Gasteiger partial charge in [-0.1, -0.05) is 28.1 Å². The molecule has 1 aromatic rings. The molecule has 1 aliphatic heterocycles. The van der Waals surface area contributed by atoms with E-state index >= 15 is 0 Å². The summed E-state index contributed by atoms with van der Waals surface area (Å²) in [5.41, 5.74) is 6.59. The highest BCUT2D eigenvalue weighted by Gasteiger charge is 2.38. The lowest BCUT2D eigenvalue weighted by atomic mass is 9.79. The minimum Gasteiger partial charge on any atom is -0.381 e. The number of hydrogen-bond acceptors (Lipinski definition) is 3. The van der Waals surface area contributed by atoms with Crippen LogP contribution in [-0.4, -0.2) is 32.2 Å². The highest BCUT2D eigenvalue weighted by atomic mass is 79.9. The van der Waals surface area contributed by atoms with Crippen LogP contribution in [0.5, 0.6) is 0 Å². The number of halogens is 1. The molecule has 0 atom stereocenters. The van der Waals surface area contributed by atoms with Crippen molar-refractivity contribution in [1.82, 2.24) is 5.32 Å². The number of nitrogens with two attached hydrogens (primary N) is 1. The molecule has 3 N–H and O–H groups in total. The zero-order chi connectivity index (χ0) is 14.4. The Morgan fingerprint density at radius 1 is 1.30 bits per heavy atom. The van der Waals surface area contributed by atoms with Gasteiger partial charge in [0.25, 0.3) is 0 Å². The van der Waals surface area contributed by atoms with Crippen LogP contribution in [0.25, 0.3) is 0 Å². The van der Waals surface area contributed by atoms with Crippen LogP contribution in [0.2, 0.25) is 0 Å². The zero-order valence-corrected chi connectivity index (χ0v) is 13.1. The largest absolute Gasteiger partial charge is 0.381 e. The monoisotopic (exact) mass is 340 g/mol. The molecule has 1 fully saturated rings. The van der Waals surface area contributed by atoms with E-state index in [1.165, 1.54) is 5.56 Å². The molecular weight excluding hydrogens is 320 g/mol. The summed E-state index contributed by atoms with van der Waals surface area (Å²) in [5.74, 6) is 0.0698. The Morgan fingerprint density at radius 2 is 1.95 bits per heavy atom. The predicted molar refractivity (Wildman–Crippen MR) is 82.4 cm³/mol. The quantitative estimate of drug-likeness (QED) is 0.859. The number of carbonyl (C=O) groups excluding carboxylic acids is 1. The van der Waals surface area contributed by atoms with Gasteiger partial charge in [-0.15, -0.1) is 0 Å². The van der Waals surface area contributed by atoms with E-state index in [2.05, 4.69) is 33.4 Å². The molecule has 20 heavy (non-hydrogen) atoms. The van der Waals surface area contributed by atoms with Gasteiger partial charge >= 0.3 is 0 Å². The Kier molecular flexibility index (Phi) is 5.57. The summed E-state index contributed by atoms with van der Waals surface area (Å²) in [7, 11) is 0. The van der Waals surface area contributed by atoms with Crippen LogP contribution in [-0.2, 0) is 16.0 Å². The zero-order valence-electron chi connectivity index (χ0n) is 11.5. The summed E-state index contributed by atoms with van der Waals surface area (Å²) in [4.78, 5) is 12.3. The molecular formula is C15H21BrN2O2. The first-order chi connectivity index (χ1) is 9.66. The first-order valence-corrected chi connectivity index (χ1v) is 7.76. The molecule has 0 unspecified atom stereocenters. The van der Waals surface area contributed by atoms with Crippen LogP contribution in [0.1, 0.15) is 18.4 Å². The Labute approximate surface area is 128 Å². The number of nitrogens with one attached hydrogen (secondary N) is 1. The Morgan fingerprint density at radius 3 is 2.55 bits per heavy atom. The normalized spacial score (nSPS) is 17.7. The van der Waals surface area contributed by atoms with Crippen LogP contribution in [0.4, 0.5) is 0 Å². The number of rotatable bonds is 5. The highest BCUT2D eigenvalue weighted by Crippen LogP contribution is 2.29. The molecule has 0 bridgehead atoms. The number of amides is 1. The van der Waals surface area contributed by atoms with E-state index in [-0.39, 0.29) is 5.91 Å². The summed E-state index contributed by atoms with van der Waals surface area (Å²) in [6, 6.07) is 8.14. The van der Waals surface area contributed by atoms with E-state index in [1.807, 2.05) is 12.1 Å². The molecule has 0 radical (unpaired) electrons. The molecule has 4 nitrogen and oxygen atoms in total. The molecule has 0 aliphatic carbocycles. The molecule has 2 rings (SSSR count). The standard InChI is InChI=1S/C15H21BrN2O2/c16-13-3-1-12(2-4-13)5-8-18-14(19)15(11-17)6-9-20-10-7-15/h1-4H,5-11,17H2,(H,18,19). The summed E-state index contributed by atoms with van der Waals surface area (Å²) in [6.45, 7) is 2.28. The lowest BCUT2D eigenvalue weighted by Crippen LogP contribution is -2.49. The third kappa shape index (κ3) is 3.81. The average molecular weight is 341 g/mol. The van der Waals surface area contributed by atoms with Crippen molar-refractivity contribution in [2.45, 2.75) is 19.3 Å². The minimum absolute atomic E-state index is 0.0698. The van der Waals surface area contributed by atoms with E-state index in [0.717, 1.165) is 10.9 Å². The molecule has 1 heterocycles. The molecule has 1 saturated heterocycles. The second-order valence-electron chi connectivity index (χ2n) is 5.23. The van der Waals surface area contributed by atoms with Crippen molar-refractivity contribution in [2.75, 3.05) is 26.3 Å². The van der Waals surface area contributed by atoms with Crippen molar-refractivity contribution in [3.8, 4) is 0 Å². The van der Waals surface area contributed by atoms with Gasteiger partial charge in [0.05, 0.1) is 5.41 Å². The number of benzene rings is 1. The fraction of sp³-hybridized carbons (Fsp3) is 0.533. The first kappa shape index (κ1) is 15.5. The van der Waals surface area contributed by atoms with Crippen molar-refractivity contribution in [1.29, 1.82) is 0 Å². The minimum atomic E-state index is -0.433. The van der Waals surface area contributed by atoms with Crippen LogP contribution in [0.15, 0.2) is 28.7 Å². The van der Waals surface area contributed by atoms with Gasteiger partial charge < -0.3 is 15.8 Å². The summed E-state index contributed by atoms with van der Waals surface area (Å²) >= 11 is 3.41. The fourth-order valence-corrected chi connectivity index (χ4v) is 2.71. The highest BCUT2D eigenvalue weighted by molar-refractivity contribution is 9.10. The summed E-state index contributed by atoms with van der Waals surface area (Å²) < 4.78 is 6.39. The van der Waals surface area contributed by atoms with Crippen molar-refractivity contribution < 1.29 is 9.53 Å². The van der Waals surface area contributed by atoms with Gasteiger partial charge in [-0.05, 0) is 37.0 Å². The molecule has 1 aliphatic rings. The molecule has 1 amide bonds. The van der Waals surface area contributed by atoms with Gasteiger partial charge in [-0.2, -0.15) is 0 Å². The lowest BCUT2D eigenvalue weighted by Gasteiger charge is -2.34. The van der Waals surface area contributed by atoms with Gasteiger partial charge in [0.15, 0.2) is 0 Å². The number of hydrogen-bond donors (Lipinski definition) is 2. The SMILES string of the molecule is NCC1(C(=O)NCCc2ccc(Br)cc2)CCOCC1. The van der Waals surface area contributed by atoms with Gasteiger partial charge in [0.1, 0.15) is 0 Å². The third-order valence-electron chi connectivity index (χ3n) is 3.93. The Bertz CT molecular complexity index is 442.